The molecule has 1 aromatic heterocycles. The molecule has 2 aliphatic rings. The molecule has 98 valence electrons. The highest BCUT2D eigenvalue weighted by Gasteiger charge is 2.53. The van der Waals surface area contributed by atoms with Gasteiger partial charge in [0.1, 0.15) is 11.3 Å². The molecule has 1 saturated heterocycles. The standard InChI is InChI=1S/C12H17N3O2S/c13-4-3-10-14-9(5-18-10)11(16)15-6-12(17,7-15)8-1-2-8/h5,8,17H,1-4,6-7,13H2. The Hall–Kier alpha value is -0.980. The predicted molar refractivity (Wildman–Crippen MR) is 68.4 cm³/mol. The third-order valence-electron chi connectivity index (χ3n) is 3.68. The summed E-state index contributed by atoms with van der Waals surface area (Å²) in [6, 6.07) is 0. The zero-order valence-corrected chi connectivity index (χ0v) is 10.9. The zero-order chi connectivity index (χ0) is 12.8. The molecule has 1 amide bonds. The summed E-state index contributed by atoms with van der Waals surface area (Å²) in [6.07, 6.45) is 2.90. The van der Waals surface area contributed by atoms with Crippen LogP contribution in [0.5, 0.6) is 0 Å². The minimum absolute atomic E-state index is 0.0696. The van der Waals surface area contributed by atoms with Gasteiger partial charge in [0.25, 0.3) is 5.91 Å². The Balaban J connectivity index is 1.61. The molecule has 18 heavy (non-hydrogen) atoms. The predicted octanol–water partition coefficient (Wildman–Crippen LogP) is 0.241. The summed E-state index contributed by atoms with van der Waals surface area (Å²) in [4.78, 5) is 18.1. The van der Waals surface area contributed by atoms with Crippen LogP contribution >= 0.6 is 11.3 Å². The summed E-state index contributed by atoms with van der Waals surface area (Å²) >= 11 is 1.47. The zero-order valence-electron chi connectivity index (χ0n) is 10.1. The summed E-state index contributed by atoms with van der Waals surface area (Å²) in [5.41, 5.74) is 5.33. The van der Waals surface area contributed by atoms with Crippen molar-refractivity contribution in [2.24, 2.45) is 11.7 Å². The van der Waals surface area contributed by atoms with E-state index in [4.69, 9.17) is 5.73 Å². The van der Waals surface area contributed by atoms with Crippen molar-refractivity contribution in [2.75, 3.05) is 19.6 Å². The maximum Gasteiger partial charge on any atom is 0.273 e. The molecule has 2 heterocycles. The first-order valence-corrected chi connectivity index (χ1v) is 7.16. The highest BCUT2D eigenvalue weighted by Crippen LogP contribution is 2.44. The van der Waals surface area contributed by atoms with Crippen molar-refractivity contribution in [3.63, 3.8) is 0 Å². The van der Waals surface area contributed by atoms with E-state index in [0.717, 1.165) is 17.8 Å². The SMILES string of the molecule is NCCc1nc(C(=O)N2CC(O)(C3CC3)C2)cs1. The molecule has 2 fully saturated rings. The molecule has 0 radical (unpaired) electrons. The topological polar surface area (TPSA) is 79.5 Å². The van der Waals surface area contributed by atoms with E-state index in [2.05, 4.69) is 4.98 Å². The van der Waals surface area contributed by atoms with Crippen molar-refractivity contribution < 1.29 is 9.90 Å². The monoisotopic (exact) mass is 267 g/mol. The van der Waals surface area contributed by atoms with E-state index in [-0.39, 0.29) is 5.91 Å². The molecule has 0 aromatic carbocycles. The number of amides is 1. The van der Waals surface area contributed by atoms with Gasteiger partial charge in [-0.2, -0.15) is 0 Å². The van der Waals surface area contributed by atoms with Gasteiger partial charge in [0.15, 0.2) is 0 Å². The van der Waals surface area contributed by atoms with Gasteiger partial charge in [-0.1, -0.05) is 0 Å². The van der Waals surface area contributed by atoms with E-state index in [1.54, 1.807) is 10.3 Å². The Kier molecular flexibility index (Phi) is 2.88. The maximum absolute atomic E-state index is 12.1. The third-order valence-corrected chi connectivity index (χ3v) is 4.59. The van der Waals surface area contributed by atoms with Crippen LogP contribution in [-0.2, 0) is 6.42 Å². The number of hydrogen-bond donors (Lipinski definition) is 2. The Morgan fingerprint density at radius 2 is 2.33 bits per heavy atom. The first-order chi connectivity index (χ1) is 8.62. The fraction of sp³-hybridized carbons (Fsp3) is 0.667. The Morgan fingerprint density at radius 3 is 2.94 bits per heavy atom. The molecule has 1 aliphatic heterocycles. The van der Waals surface area contributed by atoms with Crippen LogP contribution in [0.3, 0.4) is 0 Å². The number of hydrogen-bond acceptors (Lipinski definition) is 5. The number of nitrogens with two attached hydrogens (primary N) is 1. The van der Waals surface area contributed by atoms with Gasteiger partial charge in [0, 0.05) is 11.8 Å². The van der Waals surface area contributed by atoms with Gasteiger partial charge in [-0.05, 0) is 25.3 Å². The van der Waals surface area contributed by atoms with E-state index < -0.39 is 5.60 Å². The summed E-state index contributed by atoms with van der Waals surface area (Å²) in [5.74, 6) is 0.338. The molecular weight excluding hydrogens is 250 g/mol. The van der Waals surface area contributed by atoms with Crippen molar-refractivity contribution in [3.8, 4) is 0 Å². The van der Waals surface area contributed by atoms with E-state index in [1.807, 2.05) is 0 Å². The van der Waals surface area contributed by atoms with Crippen LogP contribution in [0.25, 0.3) is 0 Å². The second-order valence-electron chi connectivity index (χ2n) is 5.20. The number of rotatable bonds is 4. The summed E-state index contributed by atoms with van der Waals surface area (Å²) in [7, 11) is 0. The number of nitrogens with zero attached hydrogens (tertiary/aromatic N) is 2. The lowest BCUT2D eigenvalue weighted by Crippen LogP contribution is -2.64. The van der Waals surface area contributed by atoms with Crippen molar-refractivity contribution in [2.45, 2.75) is 24.9 Å². The lowest BCUT2D eigenvalue weighted by atomic mass is 9.88. The molecule has 3 N–H and O–H groups in total. The summed E-state index contributed by atoms with van der Waals surface area (Å²) in [5, 5.41) is 12.9. The highest BCUT2D eigenvalue weighted by atomic mass is 32.1. The van der Waals surface area contributed by atoms with Crippen LogP contribution in [0, 0.1) is 5.92 Å². The summed E-state index contributed by atoms with van der Waals surface area (Å²) in [6.45, 7) is 1.47. The first-order valence-electron chi connectivity index (χ1n) is 6.28. The fourth-order valence-electron chi connectivity index (χ4n) is 2.45. The summed E-state index contributed by atoms with van der Waals surface area (Å²) < 4.78 is 0. The normalized spacial score (nSPS) is 21.8. The fourth-order valence-corrected chi connectivity index (χ4v) is 3.23. The molecule has 1 aromatic rings. The van der Waals surface area contributed by atoms with Crippen LogP contribution in [0.4, 0.5) is 0 Å². The van der Waals surface area contributed by atoms with E-state index in [9.17, 15) is 9.90 Å². The second kappa shape index (κ2) is 4.29. The minimum Gasteiger partial charge on any atom is -0.386 e. The Bertz CT molecular complexity index is 464. The lowest BCUT2D eigenvalue weighted by molar-refractivity contribution is -0.0959. The average Bonchev–Trinajstić information content (AvgIpc) is 3.06. The van der Waals surface area contributed by atoms with E-state index in [0.29, 0.717) is 37.7 Å². The van der Waals surface area contributed by atoms with Gasteiger partial charge < -0.3 is 15.7 Å². The lowest BCUT2D eigenvalue weighted by Gasteiger charge is -2.46. The van der Waals surface area contributed by atoms with Crippen LogP contribution < -0.4 is 5.73 Å². The molecular formula is C12H17N3O2S. The molecule has 0 unspecified atom stereocenters. The van der Waals surface area contributed by atoms with E-state index >= 15 is 0 Å². The molecule has 1 saturated carbocycles. The largest absolute Gasteiger partial charge is 0.386 e. The molecule has 0 atom stereocenters. The first kappa shape index (κ1) is 12.1. The number of carbonyl (C=O) groups is 1. The van der Waals surface area contributed by atoms with Gasteiger partial charge >= 0.3 is 0 Å². The van der Waals surface area contributed by atoms with Crippen molar-refractivity contribution in [3.05, 3.63) is 16.1 Å². The minimum atomic E-state index is -0.619. The molecule has 5 nitrogen and oxygen atoms in total. The molecule has 3 rings (SSSR count). The number of aliphatic hydroxyl groups is 1. The third kappa shape index (κ3) is 2.04. The van der Waals surface area contributed by atoms with Gasteiger partial charge in [-0.3, -0.25) is 4.79 Å². The van der Waals surface area contributed by atoms with Crippen molar-refractivity contribution in [1.82, 2.24) is 9.88 Å². The number of likely N-dealkylation sites (tertiary alicyclic amines) is 1. The average molecular weight is 267 g/mol. The van der Waals surface area contributed by atoms with Crippen LogP contribution in [0.15, 0.2) is 5.38 Å². The van der Waals surface area contributed by atoms with Gasteiger partial charge in [-0.25, -0.2) is 4.98 Å². The quantitative estimate of drug-likeness (QED) is 0.819. The van der Waals surface area contributed by atoms with Gasteiger partial charge in [0.2, 0.25) is 0 Å². The Morgan fingerprint density at radius 1 is 1.61 bits per heavy atom. The molecule has 0 spiro atoms. The van der Waals surface area contributed by atoms with Crippen LogP contribution in [0.1, 0.15) is 28.3 Å². The molecule has 6 heteroatoms. The number of aromatic nitrogens is 1. The maximum atomic E-state index is 12.1. The van der Waals surface area contributed by atoms with Gasteiger partial charge in [0.05, 0.1) is 18.1 Å². The van der Waals surface area contributed by atoms with E-state index in [1.165, 1.54) is 11.3 Å². The van der Waals surface area contributed by atoms with Gasteiger partial charge in [-0.15, -0.1) is 11.3 Å². The number of carbonyl (C=O) groups excluding carboxylic acids is 1. The highest BCUT2D eigenvalue weighted by molar-refractivity contribution is 7.09. The van der Waals surface area contributed by atoms with Crippen molar-refractivity contribution in [1.29, 1.82) is 0 Å². The van der Waals surface area contributed by atoms with Crippen molar-refractivity contribution >= 4 is 17.2 Å². The van der Waals surface area contributed by atoms with Crippen LogP contribution in [-0.4, -0.2) is 46.1 Å². The van der Waals surface area contributed by atoms with Crippen LogP contribution in [0.2, 0.25) is 0 Å². The Labute approximate surface area is 110 Å². The smallest absolute Gasteiger partial charge is 0.273 e. The molecule has 1 aliphatic carbocycles. The second-order valence-corrected chi connectivity index (χ2v) is 6.15. The number of β-amino-alcohol motifs (C(OH)–C–C–N with tert-alkyl or cyclic N) is 1. The number of thiazole rings is 1. The molecule has 0 bridgehead atoms.